The number of rotatable bonds is 15. The van der Waals surface area contributed by atoms with Gasteiger partial charge in [0, 0.05) is 98.8 Å². The molecule has 30 aromatic rings. The van der Waals surface area contributed by atoms with Crippen LogP contribution in [0, 0.1) is 0 Å². The molecule has 0 radical (unpaired) electrons. The van der Waals surface area contributed by atoms with Gasteiger partial charge in [-0.25, -0.2) is 0 Å². The molecule has 0 aliphatic carbocycles. The molecule has 0 amide bonds. The molecule has 0 unspecified atom stereocenters. The Labute approximate surface area is 868 Å². The first-order valence-corrected chi connectivity index (χ1v) is 51.6. The topological polar surface area (TPSA) is 29.6 Å². The summed E-state index contributed by atoms with van der Waals surface area (Å²) < 4.78 is 14.5. The minimum absolute atomic E-state index is 1.16. The summed E-state index contributed by atoms with van der Waals surface area (Å²) in [4.78, 5) is 0. The number of aromatic nitrogens is 6. The van der Waals surface area contributed by atoms with Crippen LogP contribution in [-0.4, -0.2) is 27.4 Å². The zero-order valence-corrected chi connectivity index (χ0v) is 82.1. The Bertz CT molecular complexity index is 10400. The van der Waals surface area contributed by atoms with Gasteiger partial charge in [0.2, 0.25) is 0 Å². The maximum atomic E-state index is 2.42. The minimum atomic E-state index is 1.16. The van der Waals surface area contributed by atoms with Crippen LogP contribution in [0.25, 0.3) is 265 Å². The molecule has 6 heterocycles. The third-order valence-corrected chi connectivity index (χ3v) is 30.4. The lowest BCUT2D eigenvalue weighted by atomic mass is 10.0. The number of benzene rings is 24. The molecule has 0 saturated carbocycles. The van der Waals surface area contributed by atoms with Gasteiger partial charge in [-0.15, -0.1) is 0 Å². The lowest BCUT2D eigenvalue weighted by Gasteiger charge is -2.12. The van der Waals surface area contributed by atoms with E-state index in [1.165, 1.54) is 231 Å². The van der Waals surface area contributed by atoms with Gasteiger partial charge in [-0.05, 0) is 264 Å². The highest BCUT2D eigenvalue weighted by Gasteiger charge is 2.24. The van der Waals surface area contributed by atoms with Crippen LogP contribution < -0.4 is 0 Å². The molecule has 150 heavy (non-hydrogen) atoms. The van der Waals surface area contributed by atoms with Crippen LogP contribution in [0.3, 0.4) is 0 Å². The van der Waals surface area contributed by atoms with E-state index in [-0.39, 0.29) is 0 Å². The Morgan fingerprint density at radius 1 is 0.0733 bits per heavy atom. The van der Waals surface area contributed by atoms with Gasteiger partial charge >= 0.3 is 0 Å². The zero-order valence-electron chi connectivity index (χ0n) is 82.1. The number of hydrogen-bond acceptors (Lipinski definition) is 0. The predicted molar refractivity (Wildman–Crippen MR) is 634 cm³/mol. The lowest BCUT2D eigenvalue weighted by molar-refractivity contribution is 1.18. The highest BCUT2D eigenvalue weighted by Crippen LogP contribution is 2.46. The number of hydrogen-bond donors (Lipinski definition) is 0. The standard InChI is InChI=1S/3C48H32N2/c1-3-13-33(14-4-1)35-17-11-19-39(29-35)49-46-24-10-8-22-42(46)44-31-37(26-28-47(44)49)38-25-27-43-41-21-7-9-23-45(41)50(48(43)32-38)40-20-12-18-36(30-40)34-15-5-2-6-16-34;1-3-12-33(13-4-1)35-22-26-39(27-23-35)49-46-21-10-8-19-42(46)44-31-37(25-29-47(44)49)38-24-28-43-41-18-7-9-20-45(41)50(48(43)32-38)40-17-11-16-36(30-40)34-14-5-2-6-15-34;1-3-12-33(13-4-1)35-22-26-39(27-23-35)49-45-20-9-7-18-41(45)43-28-24-38(32-48(43)49)37-25-29-47-44(31-37)42-19-8-10-21-46(42)50(47)40-17-11-16-36(30-40)34-14-5-2-6-15-34/h3*1-32H. The largest absolute Gasteiger partial charge is 0.309 e. The summed E-state index contributed by atoms with van der Waals surface area (Å²) >= 11 is 0. The van der Waals surface area contributed by atoms with Crippen molar-refractivity contribution in [2.75, 3.05) is 0 Å². The average Bonchev–Trinajstić information content (AvgIpc) is 1.59. The smallest absolute Gasteiger partial charge is 0.0547 e. The SMILES string of the molecule is c1ccc(-c2ccc(-n3c4ccccc4c4cc(-c5ccc6c7ccccc7n(-c7cccc(-c8ccccc8)c7)c6c5)ccc43)cc2)cc1.c1ccc(-c2ccc(-n3c4ccccc4c4ccc(-c5ccc6c(c5)c5ccccc5n6-c5cccc(-c6ccccc6)c5)cc43)cc2)cc1.c1ccc(-c2cccc(-n3c4ccccc4c4cc(-c5ccc6c7ccccc7n(-c7cccc(-c8ccccc8)c7)c6c5)ccc43)c2)cc1. The van der Waals surface area contributed by atoms with E-state index in [9.17, 15) is 0 Å². The minimum Gasteiger partial charge on any atom is -0.309 e. The molecule has 0 aliphatic heterocycles. The van der Waals surface area contributed by atoms with Crippen LogP contribution in [0.5, 0.6) is 0 Å². The lowest BCUT2D eigenvalue weighted by Crippen LogP contribution is -1.95. The maximum Gasteiger partial charge on any atom is 0.0547 e. The summed E-state index contributed by atoms with van der Waals surface area (Å²) in [6, 6.07) is 211. The van der Waals surface area contributed by atoms with Crippen molar-refractivity contribution in [2.24, 2.45) is 0 Å². The first-order valence-electron chi connectivity index (χ1n) is 51.6. The van der Waals surface area contributed by atoms with E-state index < -0.39 is 0 Å². The molecule has 30 rings (SSSR count). The molecule has 6 nitrogen and oxygen atoms in total. The van der Waals surface area contributed by atoms with Crippen molar-refractivity contribution >= 4 is 131 Å². The fraction of sp³-hybridized carbons (Fsp3) is 0. The fourth-order valence-corrected chi connectivity index (χ4v) is 23.3. The van der Waals surface area contributed by atoms with E-state index >= 15 is 0 Å². The van der Waals surface area contributed by atoms with E-state index in [0.717, 1.165) is 34.1 Å². The molecular formula is C144H96N6. The second-order valence-corrected chi connectivity index (χ2v) is 39.0. The Kier molecular flexibility index (Phi) is 21.9. The third-order valence-electron chi connectivity index (χ3n) is 30.4. The van der Waals surface area contributed by atoms with Crippen molar-refractivity contribution in [3.8, 4) is 134 Å². The molecule has 0 spiro atoms. The molecule has 0 N–H and O–H groups in total. The summed E-state index contributed by atoms with van der Waals surface area (Å²) in [5, 5.41) is 15.1. The van der Waals surface area contributed by atoms with Gasteiger partial charge < -0.3 is 27.4 Å². The third kappa shape index (κ3) is 15.6. The zero-order chi connectivity index (χ0) is 99.1. The van der Waals surface area contributed by atoms with Crippen LogP contribution in [0.1, 0.15) is 0 Å². The van der Waals surface area contributed by atoms with E-state index in [1.54, 1.807) is 0 Å². The van der Waals surface area contributed by atoms with E-state index in [1.807, 2.05) is 0 Å². The highest BCUT2D eigenvalue weighted by molar-refractivity contribution is 6.17. The Morgan fingerprint density at radius 2 is 0.227 bits per heavy atom. The molecule has 0 atom stereocenters. The monoisotopic (exact) mass is 1910 g/mol. The van der Waals surface area contributed by atoms with E-state index in [2.05, 4.69) is 610 Å². The van der Waals surface area contributed by atoms with Crippen LogP contribution in [0.15, 0.2) is 582 Å². The summed E-state index contributed by atoms with van der Waals surface area (Å²) in [5.74, 6) is 0. The second-order valence-electron chi connectivity index (χ2n) is 39.0. The van der Waals surface area contributed by atoms with Gasteiger partial charge in [0.05, 0.1) is 66.2 Å². The molecule has 0 aliphatic rings. The molecule has 0 fully saturated rings. The van der Waals surface area contributed by atoms with Crippen LogP contribution in [-0.2, 0) is 0 Å². The van der Waals surface area contributed by atoms with Crippen LogP contribution in [0.2, 0.25) is 0 Å². The normalized spacial score (nSPS) is 11.6. The van der Waals surface area contributed by atoms with Crippen molar-refractivity contribution in [1.82, 2.24) is 27.4 Å². The summed E-state index contributed by atoms with van der Waals surface area (Å²) in [5.41, 5.74) is 43.3. The molecule has 6 heteroatoms. The Morgan fingerprint density at radius 3 is 0.480 bits per heavy atom. The molecular weight excluding hydrogens is 1810 g/mol. The van der Waals surface area contributed by atoms with Crippen molar-refractivity contribution in [3.05, 3.63) is 582 Å². The molecule has 6 aromatic heterocycles. The van der Waals surface area contributed by atoms with E-state index in [4.69, 9.17) is 0 Å². The Balaban J connectivity index is 0.000000108. The number of para-hydroxylation sites is 6. The quantitative estimate of drug-likeness (QED) is 0.0979. The Hall–Kier alpha value is -19.9. The summed E-state index contributed by atoms with van der Waals surface area (Å²) in [6.45, 7) is 0. The molecule has 0 saturated heterocycles. The van der Waals surface area contributed by atoms with Gasteiger partial charge in [0.1, 0.15) is 0 Å². The van der Waals surface area contributed by atoms with Crippen molar-refractivity contribution < 1.29 is 0 Å². The number of nitrogens with zero attached hydrogens (tertiary/aromatic N) is 6. The molecule has 702 valence electrons. The van der Waals surface area contributed by atoms with Gasteiger partial charge in [-0.3, -0.25) is 0 Å². The first-order chi connectivity index (χ1) is 74.4. The van der Waals surface area contributed by atoms with Crippen LogP contribution >= 0.6 is 0 Å². The summed E-state index contributed by atoms with van der Waals surface area (Å²) in [6.07, 6.45) is 0. The second kappa shape index (κ2) is 37.4. The van der Waals surface area contributed by atoms with Gasteiger partial charge in [0.25, 0.3) is 0 Å². The highest BCUT2D eigenvalue weighted by atomic mass is 15.0. The van der Waals surface area contributed by atoms with Crippen molar-refractivity contribution in [2.45, 2.75) is 0 Å². The molecule has 24 aromatic carbocycles. The average molecular weight is 1910 g/mol. The number of fused-ring (bicyclic) bond motifs is 18. The summed E-state index contributed by atoms with van der Waals surface area (Å²) in [7, 11) is 0. The van der Waals surface area contributed by atoms with Crippen molar-refractivity contribution in [1.29, 1.82) is 0 Å². The predicted octanol–water partition coefficient (Wildman–Crippen LogP) is 38.6. The maximum absolute atomic E-state index is 2.42. The van der Waals surface area contributed by atoms with Crippen LogP contribution in [0.4, 0.5) is 0 Å². The fourth-order valence-electron chi connectivity index (χ4n) is 23.3. The first kappa shape index (κ1) is 87.8. The van der Waals surface area contributed by atoms with Crippen molar-refractivity contribution in [3.63, 3.8) is 0 Å². The molecule has 0 bridgehead atoms. The van der Waals surface area contributed by atoms with Gasteiger partial charge in [-0.2, -0.15) is 0 Å². The van der Waals surface area contributed by atoms with Gasteiger partial charge in [-0.1, -0.05) is 419 Å². The van der Waals surface area contributed by atoms with E-state index in [0.29, 0.717) is 0 Å². The van der Waals surface area contributed by atoms with Gasteiger partial charge in [0.15, 0.2) is 0 Å².